The molecule has 0 heterocycles. The summed E-state index contributed by atoms with van der Waals surface area (Å²) in [5, 5.41) is 10.3. The van der Waals surface area contributed by atoms with Crippen molar-refractivity contribution in [1.29, 1.82) is 0 Å². The zero-order valence-corrected chi connectivity index (χ0v) is 15.6. The summed E-state index contributed by atoms with van der Waals surface area (Å²) in [4.78, 5) is 0.206. The van der Waals surface area contributed by atoms with Crippen LogP contribution in [0.25, 0.3) is 0 Å². The highest BCUT2D eigenvalue weighted by Gasteiger charge is 2.19. The van der Waals surface area contributed by atoms with Gasteiger partial charge in [0.1, 0.15) is 0 Å². The Hall–Kier alpha value is -2.09. The number of aliphatic hydroxyl groups is 1. The van der Waals surface area contributed by atoms with Crippen molar-refractivity contribution in [2.24, 2.45) is 0 Å². The first-order valence-electron chi connectivity index (χ1n) is 7.75. The number of hydrogen-bond acceptors (Lipinski definition) is 5. The molecule has 0 saturated carbocycles. The first-order chi connectivity index (χ1) is 11.8. The van der Waals surface area contributed by atoms with Crippen LogP contribution in [0.1, 0.15) is 22.8 Å². The second kappa shape index (κ2) is 7.86. The molecule has 0 radical (unpaired) electrons. The zero-order valence-electron chi connectivity index (χ0n) is 14.7. The fourth-order valence-corrected chi connectivity index (χ4v) is 3.81. The lowest BCUT2D eigenvalue weighted by molar-refractivity contribution is 0.181. The summed E-state index contributed by atoms with van der Waals surface area (Å²) in [6, 6.07) is 10.1. The molecule has 2 rings (SSSR count). The van der Waals surface area contributed by atoms with Gasteiger partial charge in [-0.1, -0.05) is 23.8 Å². The molecule has 2 aromatic rings. The van der Waals surface area contributed by atoms with Crippen molar-refractivity contribution in [1.82, 2.24) is 4.72 Å². The lowest BCUT2D eigenvalue weighted by atomic mass is 10.1. The van der Waals surface area contributed by atoms with Crippen molar-refractivity contribution >= 4 is 10.0 Å². The molecule has 136 valence electrons. The van der Waals surface area contributed by atoms with Crippen LogP contribution in [0, 0.1) is 13.8 Å². The Balaban J connectivity index is 2.14. The van der Waals surface area contributed by atoms with Crippen LogP contribution in [-0.4, -0.2) is 34.3 Å². The quantitative estimate of drug-likeness (QED) is 0.787. The zero-order chi connectivity index (χ0) is 18.6. The number of methoxy groups -OCH3 is 2. The first-order valence-corrected chi connectivity index (χ1v) is 9.23. The molecular formula is C18H23NO5S. The molecule has 2 aromatic carbocycles. The molecule has 1 unspecified atom stereocenters. The van der Waals surface area contributed by atoms with Crippen molar-refractivity contribution in [2.45, 2.75) is 24.8 Å². The van der Waals surface area contributed by atoms with E-state index in [0.717, 1.165) is 5.56 Å². The molecule has 1 atom stereocenters. The van der Waals surface area contributed by atoms with Crippen molar-refractivity contribution in [2.75, 3.05) is 20.8 Å². The third-order valence-electron chi connectivity index (χ3n) is 3.88. The summed E-state index contributed by atoms with van der Waals surface area (Å²) in [5.74, 6) is 1.01. The maximum Gasteiger partial charge on any atom is 0.240 e. The fourth-order valence-electron chi connectivity index (χ4n) is 2.55. The van der Waals surface area contributed by atoms with E-state index in [1.165, 1.54) is 14.2 Å². The van der Waals surface area contributed by atoms with E-state index in [4.69, 9.17) is 9.47 Å². The Bertz CT molecular complexity index is 849. The number of ether oxygens (including phenoxy) is 2. The number of aliphatic hydroxyl groups excluding tert-OH is 1. The van der Waals surface area contributed by atoms with E-state index in [2.05, 4.69) is 4.72 Å². The molecule has 0 saturated heterocycles. The molecule has 0 spiro atoms. The Labute approximate surface area is 148 Å². The van der Waals surface area contributed by atoms with E-state index < -0.39 is 16.1 Å². The van der Waals surface area contributed by atoms with E-state index in [1.54, 1.807) is 43.3 Å². The molecule has 0 aromatic heterocycles. The monoisotopic (exact) mass is 365 g/mol. The largest absolute Gasteiger partial charge is 0.493 e. The molecule has 7 heteroatoms. The topological polar surface area (TPSA) is 84.9 Å². The van der Waals surface area contributed by atoms with Gasteiger partial charge in [0, 0.05) is 6.54 Å². The van der Waals surface area contributed by atoms with Crippen LogP contribution in [0.2, 0.25) is 0 Å². The highest BCUT2D eigenvalue weighted by atomic mass is 32.2. The minimum absolute atomic E-state index is 0.148. The fraction of sp³-hybridized carbons (Fsp3) is 0.333. The molecular weight excluding hydrogens is 342 g/mol. The van der Waals surface area contributed by atoms with Crippen LogP contribution in [0.5, 0.6) is 11.5 Å². The van der Waals surface area contributed by atoms with Gasteiger partial charge in [0.2, 0.25) is 10.0 Å². The second-order valence-corrected chi connectivity index (χ2v) is 7.49. The van der Waals surface area contributed by atoms with Crippen LogP contribution in [0.3, 0.4) is 0 Å². The van der Waals surface area contributed by atoms with Gasteiger partial charge in [-0.3, -0.25) is 0 Å². The normalized spacial score (nSPS) is 12.7. The molecule has 25 heavy (non-hydrogen) atoms. The van der Waals surface area contributed by atoms with Gasteiger partial charge >= 0.3 is 0 Å². The molecule has 0 aliphatic heterocycles. The molecule has 6 nitrogen and oxygen atoms in total. The Kier molecular flexibility index (Phi) is 6.05. The average molecular weight is 365 g/mol. The summed E-state index contributed by atoms with van der Waals surface area (Å²) in [6.07, 6.45) is -1.01. The predicted octanol–water partition coefficient (Wildman–Crippen LogP) is 2.33. The minimum Gasteiger partial charge on any atom is -0.493 e. The smallest absolute Gasteiger partial charge is 0.240 e. The number of rotatable bonds is 7. The Morgan fingerprint density at radius 2 is 1.72 bits per heavy atom. The van der Waals surface area contributed by atoms with Gasteiger partial charge < -0.3 is 14.6 Å². The maximum absolute atomic E-state index is 12.5. The molecule has 0 amide bonds. The van der Waals surface area contributed by atoms with Crippen molar-refractivity contribution in [3.05, 3.63) is 53.1 Å². The van der Waals surface area contributed by atoms with Crippen LogP contribution < -0.4 is 14.2 Å². The summed E-state index contributed by atoms with van der Waals surface area (Å²) in [7, 11) is -0.688. The lowest BCUT2D eigenvalue weighted by Crippen LogP contribution is -2.29. The summed E-state index contributed by atoms with van der Waals surface area (Å²) < 4.78 is 37.7. The molecule has 0 bridgehead atoms. The van der Waals surface area contributed by atoms with Crippen LogP contribution in [0.4, 0.5) is 0 Å². The SMILES string of the molecule is COc1ccc(C(O)CNS(=O)(=O)c2ccc(C)cc2C)cc1OC. The summed E-state index contributed by atoms with van der Waals surface area (Å²) >= 11 is 0. The first kappa shape index (κ1) is 19.2. The van der Waals surface area contributed by atoms with E-state index >= 15 is 0 Å². The number of sulfonamides is 1. The van der Waals surface area contributed by atoms with E-state index in [9.17, 15) is 13.5 Å². The summed E-state index contributed by atoms with van der Waals surface area (Å²) in [6.45, 7) is 3.50. The van der Waals surface area contributed by atoms with Gasteiger partial charge in [0.05, 0.1) is 25.2 Å². The van der Waals surface area contributed by atoms with Gasteiger partial charge in [-0.15, -0.1) is 0 Å². The van der Waals surface area contributed by atoms with E-state index in [1.807, 2.05) is 6.92 Å². The molecule has 0 aliphatic carbocycles. The van der Waals surface area contributed by atoms with Gasteiger partial charge in [-0.05, 0) is 43.2 Å². The standard InChI is InChI=1S/C18H23NO5S/c1-12-5-8-18(13(2)9-12)25(21,22)19-11-15(20)14-6-7-16(23-3)17(10-14)24-4/h5-10,15,19-20H,11H2,1-4H3. The average Bonchev–Trinajstić information content (AvgIpc) is 2.58. The molecule has 0 fully saturated rings. The van der Waals surface area contributed by atoms with Crippen LogP contribution in [-0.2, 0) is 10.0 Å². The van der Waals surface area contributed by atoms with Gasteiger partial charge in [-0.2, -0.15) is 0 Å². The predicted molar refractivity (Wildman–Crippen MR) is 95.6 cm³/mol. The number of aryl methyl sites for hydroxylation is 2. The van der Waals surface area contributed by atoms with Gasteiger partial charge in [-0.25, -0.2) is 13.1 Å². The van der Waals surface area contributed by atoms with E-state index in [0.29, 0.717) is 22.6 Å². The van der Waals surface area contributed by atoms with Crippen LogP contribution in [0.15, 0.2) is 41.3 Å². The summed E-state index contributed by atoms with van der Waals surface area (Å²) in [5.41, 5.74) is 2.18. The lowest BCUT2D eigenvalue weighted by Gasteiger charge is -2.16. The highest BCUT2D eigenvalue weighted by Crippen LogP contribution is 2.30. The Morgan fingerprint density at radius 1 is 1.04 bits per heavy atom. The van der Waals surface area contributed by atoms with Gasteiger partial charge in [0.15, 0.2) is 11.5 Å². The minimum atomic E-state index is -3.71. The second-order valence-electron chi connectivity index (χ2n) is 5.75. The highest BCUT2D eigenvalue weighted by molar-refractivity contribution is 7.89. The maximum atomic E-state index is 12.5. The Morgan fingerprint density at radius 3 is 2.32 bits per heavy atom. The molecule has 2 N–H and O–H groups in total. The van der Waals surface area contributed by atoms with Crippen molar-refractivity contribution in [3.63, 3.8) is 0 Å². The number of hydrogen-bond donors (Lipinski definition) is 2. The van der Waals surface area contributed by atoms with Gasteiger partial charge in [0.25, 0.3) is 0 Å². The van der Waals surface area contributed by atoms with Crippen molar-refractivity contribution < 1.29 is 23.0 Å². The third-order valence-corrected chi connectivity index (χ3v) is 5.46. The number of benzene rings is 2. The number of nitrogens with one attached hydrogen (secondary N) is 1. The van der Waals surface area contributed by atoms with Crippen molar-refractivity contribution in [3.8, 4) is 11.5 Å². The van der Waals surface area contributed by atoms with Crippen LogP contribution >= 0.6 is 0 Å². The molecule has 0 aliphatic rings. The van der Waals surface area contributed by atoms with E-state index in [-0.39, 0.29) is 11.4 Å². The third kappa shape index (κ3) is 4.50.